The zero-order chi connectivity index (χ0) is 14.5. The van der Waals surface area contributed by atoms with Gasteiger partial charge in [0.1, 0.15) is 10.8 Å². The lowest BCUT2D eigenvalue weighted by Gasteiger charge is -2.14. The van der Waals surface area contributed by atoms with Crippen molar-refractivity contribution in [2.24, 2.45) is 5.73 Å². The Labute approximate surface area is 127 Å². The first-order valence-corrected chi connectivity index (χ1v) is 7.62. The molecule has 2 N–H and O–H groups in total. The van der Waals surface area contributed by atoms with Gasteiger partial charge in [-0.2, -0.15) is 0 Å². The summed E-state index contributed by atoms with van der Waals surface area (Å²) < 4.78 is 14.0. The molecule has 0 spiro atoms. The molecule has 1 unspecified atom stereocenters. The molecule has 0 aliphatic carbocycles. The molecule has 0 aliphatic heterocycles. The van der Waals surface area contributed by atoms with Gasteiger partial charge in [0.15, 0.2) is 0 Å². The van der Waals surface area contributed by atoms with E-state index in [-0.39, 0.29) is 11.9 Å². The number of hydrogen-bond donors (Lipinski definition) is 1. The van der Waals surface area contributed by atoms with E-state index in [1.807, 2.05) is 13.0 Å². The molecule has 106 valence electrons. The molecular formula is C15H16ClFN2S. The molecule has 1 atom stereocenters. The van der Waals surface area contributed by atoms with Gasteiger partial charge >= 0.3 is 0 Å². The van der Waals surface area contributed by atoms with Crippen LogP contribution in [0.1, 0.15) is 18.9 Å². The van der Waals surface area contributed by atoms with Crippen LogP contribution < -0.4 is 5.73 Å². The van der Waals surface area contributed by atoms with Crippen molar-refractivity contribution in [2.75, 3.05) is 0 Å². The Morgan fingerprint density at radius 1 is 1.35 bits per heavy atom. The smallest absolute Gasteiger partial charge is 0.127 e. The van der Waals surface area contributed by atoms with Gasteiger partial charge in [-0.05, 0) is 37.1 Å². The van der Waals surface area contributed by atoms with E-state index in [1.165, 1.54) is 17.8 Å². The number of nitrogens with zero attached hydrogens (tertiary/aromatic N) is 1. The minimum absolute atomic E-state index is 0.0505. The standard InChI is InChI=1S/C15H16ClFN2S/c1-2-10(18)9-11-13(17)6-3-7-14(11)20-15-12(16)5-4-8-19-15/h3-8,10H,2,9,18H2,1H3. The SMILES string of the molecule is CCC(N)Cc1c(F)cccc1Sc1ncccc1Cl. The lowest BCUT2D eigenvalue weighted by Crippen LogP contribution is -2.22. The summed E-state index contributed by atoms with van der Waals surface area (Å²) in [5, 5.41) is 1.23. The summed E-state index contributed by atoms with van der Waals surface area (Å²) in [5.74, 6) is -0.231. The zero-order valence-corrected chi connectivity index (χ0v) is 12.7. The summed E-state index contributed by atoms with van der Waals surface area (Å²) in [6, 6.07) is 8.51. The van der Waals surface area contributed by atoms with Crippen LogP contribution in [0.25, 0.3) is 0 Å². The lowest BCUT2D eigenvalue weighted by molar-refractivity contribution is 0.571. The third-order valence-electron chi connectivity index (χ3n) is 3.00. The van der Waals surface area contributed by atoms with Gasteiger partial charge in [-0.25, -0.2) is 9.37 Å². The predicted octanol–water partition coefficient (Wildman–Crippen LogP) is 4.31. The largest absolute Gasteiger partial charge is 0.327 e. The molecule has 2 nitrogen and oxygen atoms in total. The normalized spacial score (nSPS) is 12.4. The first-order valence-electron chi connectivity index (χ1n) is 6.43. The summed E-state index contributed by atoms with van der Waals surface area (Å²) in [6.07, 6.45) is 2.99. The highest BCUT2D eigenvalue weighted by Gasteiger charge is 2.14. The molecule has 0 saturated carbocycles. The molecule has 1 aromatic heterocycles. The van der Waals surface area contributed by atoms with E-state index in [4.69, 9.17) is 17.3 Å². The van der Waals surface area contributed by atoms with Gasteiger partial charge in [0.05, 0.1) is 5.02 Å². The Morgan fingerprint density at radius 2 is 2.15 bits per heavy atom. The Morgan fingerprint density at radius 3 is 2.85 bits per heavy atom. The summed E-state index contributed by atoms with van der Waals surface area (Å²) in [6.45, 7) is 1.99. The second-order valence-electron chi connectivity index (χ2n) is 4.48. The number of hydrogen-bond acceptors (Lipinski definition) is 3. The highest BCUT2D eigenvalue weighted by Crippen LogP contribution is 2.34. The van der Waals surface area contributed by atoms with Gasteiger partial charge in [-0.15, -0.1) is 0 Å². The molecule has 20 heavy (non-hydrogen) atoms. The Bertz CT molecular complexity index is 592. The van der Waals surface area contributed by atoms with Crippen molar-refractivity contribution in [3.8, 4) is 0 Å². The minimum atomic E-state index is -0.231. The Balaban J connectivity index is 2.32. The fourth-order valence-corrected chi connectivity index (χ4v) is 2.96. The van der Waals surface area contributed by atoms with Crippen molar-refractivity contribution in [1.82, 2.24) is 4.98 Å². The van der Waals surface area contributed by atoms with Crippen LogP contribution in [0.2, 0.25) is 5.02 Å². The van der Waals surface area contributed by atoms with Crippen molar-refractivity contribution >= 4 is 23.4 Å². The zero-order valence-electron chi connectivity index (χ0n) is 11.1. The maximum atomic E-state index is 14.0. The van der Waals surface area contributed by atoms with Crippen LogP contribution in [0.4, 0.5) is 4.39 Å². The molecule has 0 amide bonds. The highest BCUT2D eigenvalue weighted by atomic mass is 35.5. The summed E-state index contributed by atoms with van der Waals surface area (Å²) in [4.78, 5) is 5.04. The van der Waals surface area contributed by atoms with Crippen LogP contribution in [-0.4, -0.2) is 11.0 Å². The topological polar surface area (TPSA) is 38.9 Å². The van der Waals surface area contributed by atoms with Gasteiger partial charge < -0.3 is 5.73 Å². The van der Waals surface area contributed by atoms with E-state index in [2.05, 4.69) is 4.98 Å². The molecule has 0 aliphatic rings. The number of halogens is 2. The molecule has 2 rings (SSSR count). The van der Waals surface area contributed by atoms with E-state index in [0.29, 0.717) is 22.0 Å². The molecule has 0 saturated heterocycles. The first-order chi connectivity index (χ1) is 9.61. The summed E-state index contributed by atoms with van der Waals surface area (Å²) in [7, 11) is 0. The maximum absolute atomic E-state index is 14.0. The fourth-order valence-electron chi connectivity index (χ4n) is 1.79. The quantitative estimate of drug-likeness (QED) is 0.894. The number of pyridine rings is 1. The first kappa shape index (κ1) is 15.3. The third kappa shape index (κ3) is 3.72. The average molecular weight is 311 g/mol. The van der Waals surface area contributed by atoms with E-state index in [0.717, 1.165) is 11.3 Å². The lowest BCUT2D eigenvalue weighted by atomic mass is 10.0. The van der Waals surface area contributed by atoms with Gasteiger partial charge in [-0.3, -0.25) is 0 Å². The Kier molecular flexibility index (Phi) is 5.40. The highest BCUT2D eigenvalue weighted by molar-refractivity contribution is 7.99. The maximum Gasteiger partial charge on any atom is 0.127 e. The van der Waals surface area contributed by atoms with Gasteiger partial charge in [0.2, 0.25) is 0 Å². The summed E-state index contributed by atoms with van der Waals surface area (Å²) >= 11 is 7.47. The van der Waals surface area contributed by atoms with E-state index < -0.39 is 0 Å². The van der Waals surface area contributed by atoms with E-state index in [1.54, 1.807) is 24.4 Å². The predicted molar refractivity (Wildman–Crippen MR) is 81.7 cm³/mol. The van der Waals surface area contributed by atoms with Crippen LogP contribution in [-0.2, 0) is 6.42 Å². The van der Waals surface area contributed by atoms with Gasteiger partial charge in [0.25, 0.3) is 0 Å². The average Bonchev–Trinajstić information content (AvgIpc) is 2.44. The van der Waals surface area contributed by atoms with Crippen molar-refractivity contribution in [1.29, 1.82) is 0 Å². The van der Waals surface area contributed by atoms with Crippen molar-refractivity contribution in [3.63, 3.8) is 0 Å². The molecule has 0 radical (unpaired) electrons. The fraction of sp³-hybridized carbons (Fsp3) is 0.267. The molecule has 0 fully saturated rings. The van der Waals surface area contributed by atoms with Crippen LogP contribution in [0.15, 0.2) is 46.5 Å². The van der Waals surface area contributed by atoms with Crippen molar-refractivity contribution in [2.45, 2.75) is 35.7 Å². The molecule has 5 heteroatoms. The Hall–Kier alpha value is -1.10. The van der Waals surface area contributed by atoms with Crippen LogP contribution in [0.3, 0.4) is 0 Å². The minimum Gasteiger partial charge on any atom is -0.327 e. The number of aromatic nitrogens is 1. The summed E-state index contributed by atoms with van der Waals surface area (Å²) in [5.41, 5.74) is 6.58. The van der Waals surface area contributed by atoms with Gasteiger partial charge in [0, 0.05) is 22.7 Å². The molecule has 0 bridgehead atoms. The third-order valence-corrected chi connectivity index (χ3v) is 4.54. The number of rotatable bonds is 5. The second-order valence-corrected chi connectivity index (χ2v) is 5.92. The molecule has 1 aromatic carbocycles. The van der Waals surface area contributed by atoms with Crippen LogP contribution >= 0.6 is 23.4 Å². The molecular weight excluding hydrogens is 295 g/mol. The van der Waals surface area contributed by atoms with Crippen molar-refractivity contribution in [3.05, 3.63) is 52.9 Å². The second kappa shape index (κ2) is 7.07. The monoisotopic (exact) mass is 310 g/mol. The molecule has 1 heterocycles. The number of nitrogens with two attached hydrogens (primary N) is 1. The van der Waals surface area contributed by atoms with Gasteiger partial charge in [-0.1, -0.05) is 36.4 Å². The van der Waals surface area contributed by atoms with Crippen molar-refractivity contribution < 1.29 is 4.39 Å². The van der Waals surface area contributed by atoms with Crippen LogP contribution in [0.5, 0.6) is 0 Å². The molecule has 2 aromatic rings. The van der Waals surface area contributed by atoms with E-state index >= 15 is 0 Å². The van der Waals surface area contributed by atoms with Crippen LogP contribution in [0, 0.1) is 5.82 Å². The van der Waals surface area contributed by atoms with E-state index in [9.17, 15) is 4.39 Å². The number of benzene rings is 1.